The zero-order chi connectivity index (χ0) is 13.9. The van der Waals surface area contributed by atoms with Gasteiger partial charge in [-0.25, -0.2) is 4.79 Å². The van der Waals surface area contributed by atoms with Gasteiger partial charge in [0.05, 0.1) is 0 Å². The number of hydrogen-bond donors (Lipinski definition) is 1. The number of hydrogen-bond acceptors (Lipinski definition) is 2. The Bertz CT molecular complexity index is 530. The van der Waals surface area contributed by atoms with E-state index in [4.69, 9.17) is 5.11 Å². The topological polar surface area (TPSA) is 54.4 Å². The molecule has 2 aromatic rings. The summed E-state index contributed by atoms with van der Waals surface area (Å²) < 4.78 is 0. The average Bonchev–Trinajstić information content (AvgIpc) is 2.48. The SMILES string of the molecule is O=C(O)/C=C/c1ccccc1.O=Cc1ccccc1. The number of rotatable bonds is 3. The van der Waals surface area contributed by atoms with E-state index in [2.05, 4.69) is 0 Å². The fraction of sp³-hybridized carbons (Fsp3) is 0. The lowest BCUT2D eigenvalue weighted by Gasteiger charge is -1.87. The number of aliphatic carboxylic acids is 1. The molecule has 1 N–H and O–H groups in total. The molecule has 3 heteroatoms. The van der Waals surface area contributed by atoms with E-state index in [9.17, 15) is 9.59 Å². The van der Waals surface area contributed by atoms with Crippen LogP contribution in [0.3, 0.4) is 0 Å². The first kappa shape index (κ1) is 14.4. The summed E-state index contributed by atoms with van der Waals surface area (Å²) in [5, 5.41) is 8.29. The van der Waals surface area contributed by atoms with Crippen molar-refractivity contribution in [2.75, 3.05) is 0 Å². The highest BCUT2D eigenvalue weighted by atomic mass is 16.4. The van der Waals surface area contributed by atoms with Crippen LogP contribution >= 0.6 is 0 Å². The molecule has 0 spiro atoms. The van der Waals surface area contributed by atoms with Crippen molar-refractivity contribution in [1.29, 1.82) is 0 Å². The molecule has 2 rings (SSSR count). The smallest absolute Gasteiger partial charge is 0.328 e. The van der Waals surface area contributed by atoms with E-state index in [-0.39, 0.29) is 0 Å². The van der Waals surface area contributed by atoms with Crippen LogP contribution in [0.4, 0.5) is 0 Å². The lowest BCUT2D eigenvalue weighted by atomic mass is 10.2. The highest BCUT2D eigenvalue weighted by Crippen LogP contribution is 1.99. The lowest BCUT2D eigenvalue weighted by molar-refractivity contribution is -0.131. The van der Waals surface area contributed by atoms with Crippen LogP contribution in [-0.4, -0.2) is 17.4 Å². The van der Waals surface area contributed by atoms with Gasteiger partial charge in [-0.2, -0.15) is 0 Å². The van der Waals surface area contributed by atoms with Gasteiger partial charge in [0.15, 0.2) is 0 Å². The molecule has 0 amide bonds. The van der Waals surface area contributed by atoms with Gasteiger partial charge in [0.25, 0.3) is 0 Å². The number of carbonyl (C=O) groups is 2. The number of carbonyl (C=O) groups excluding carboxylic acids is 1. The van der Waals surface area contributed by atoms with Crippen LogP contribution in [0.5, 0.6) is 0 Å². The first-order valence-corrected chi connectivity index (χ1v) is 5.68. The lowest BCUT2D eigenvalue weighted by Crippen LogP contribution is -1.85. The predicted molar refractivity (Wildman–Crippen MR) is 74.9 cm³/mol. The van der Waals surface area contributed by atoms with Gasteiger partial charge in [0.2, 0.25) is 0 Å². The molecule has 0 unspecified atom stereocenters. The molecule has 0 saturated heterocycles. The number of carboxylic acids is 1. The minimum atomic E-state index is -0.922. The van der Waals surface area contributed by atoms with E-state index in [1.54, 1.807) is 18.2 Å². The number of aldehydes is 1. The van der Waals surface area contributed by atoms with Crippen molar-refractivity contribution in [1.82, 2.24) is 0 Å². The van der Waals surface area contributed by atoms with Crippen molar-refractivity contribution < 1.29 is 14.7 Å². The maximum Gasteiger partial charge on any atom is 0.328 e. The monoisotopic (exact) mass is 254 g/mol. The van der Waals surface area contributed by atoms with Crippen molar-refractivity contribution in [3.63, 3.8) is 0 Å². The summed E-state index contributed by atoms with van der Waals surface area (Å²) in [6.07, 6.45) is 3.51. The minimum absolute atomic E-state index is 0.729. The highest BCUT2D eigenvalue weighted by Gasteiger charge is 1.86. The molecule has 0 bridgehead atoms. The van der Waals surface area contributed by atoms with Gasteiger partial charge < -0.3 is 5.11 Å². The Morgan fingerprint density at radius 2 is 1.32 bits per heavy atom. The Morgan fingerprint density at radius 1 is 0.842 bits per heavy atom. The number of benzene rings is 2. The van der Waals surface area contributed by atoms with Crippen molar-refractivity contribution in [2.24, 2.45) is 0 Å². The summed E-state index contributed by atoms with van der Waals surface area (Å²) in [5.74, 6) is -0.922. The summed E-state index contributed by atoms with van der Waals surface area (Å²) >= 11 is 0. The molecule has 3 nitrogen and oxygen atoms in total. The largest absolute Gasteiger partial charge is 0.478 e. The fourth-order valence-corrected chi connectivity index (χ4v) is 1.26. The second-order valence-electron chi connectivity index (χ2n) is 3.61. The molecule has 0 radical (unpaired) electrons. The first-order chi connectivity index (χ1) is 9.22. The standard InChI is InChI=1S/C9H8O2.C7H6O/c10-9(11)7-6-8-4-2-1-3-5-8;8-6-7-4-2-1-3-5-7/h1-7H,(H,10,11);1-6H/b7-6+;. The Hall–Kier alpha value is -2.68. The Balaban J connectivity index is 0.000000200. The van der Waals surface area contributed by atoms with Crippen molar-refractivity contribution in [2.45, 2.75) is 0 Å². The molecule has 0 aliphatic carbocycles. The average molecular weight is 254 g/mol. The molecule has 0 fully saturated rings. The third-order valence-electron chi connectivity index (χ3n) is 2.15. The van der Waals surface area contributed by atoms with Gasteiger partial charge in [0.1, 0.15) is 6.29 Å². The van der Waals surface area contributed by atoms with Crippen LogP contribution in [0.15, 0.2) is 66.7 Å². The van der Waals surface area contributed by atoms with Gasteiger partial charge in [-0.05, 0) is 11.6 Å². The highest BCUT2D eigenvalue weighted by molar-refractivity contribution is 5.85. The summed E-state index contributed by atoms with van der Waals surface area (Å²) in [6.45, 7) is 0. The summed E-state index contributed by atoms with van der Waals surface area (Å²) in [6, 6.07) is 18.4. The molecule has 0 aliphatic rings. The molecule has 0 heterocycles. The third kappa shape index (κ3) is 6.58. The van der Waals surface area contributed by atoms with Crippen LogP contribution in [0.1, 0.15) is 15.9 Å². The normalized spacial score (nSPS) is 9.47. The Kier molecular flexibility index (Phi) is 6.37. The van der Waals surface area contributed by atoms with Gasteiger partial charge in [-0.1, -0.05) is 60.7 Å². The van der Waals surface area contributed by atoms with Gasteiger partial charge >= 0.3 is 5.97 Å². The second kappa shape index (κ2) is 8.42. The van der Waals surface area contributed by atoms with Crippen molar-refractivity contribution in [3.05, 3.63) is 77.9 Å². The van der Waals surface area contributed by atoms with Gasteiger partial charge in [0, 0.05) is 11.6 Å². The van der Waals surface area contributed by atoms with E-state index in [0.717, 1.165) is 23.5 Å². The number of carboxylic acid groups (broad SMARTS) is 1. The van der Waals surface area contributed by atoms with Crippen LogP contribution in [-0.2, 0) is 4.79 Å². The minimum Gasteiger partial charge on any atom is -0.478 e. The fourth-order valence-electron chi connectivity index (χ4n) is 1.26. The van der Waals surface area contributed by atoms with E-state index in [0.29, 0.717) is 0 Å². The summed E-state index contributed by atoms with van der Waals surface area (Å²) in [4.78, 5) is 20.1. The molecule has 96 valence electrons. The molecular formula is C16H14O3. The third-order valence-corrected chi connectivity index (χ3v) is 2.15. The maximum atomic E-state index is 10.1. The molecule has 19 heavy (non-hydrogen) atoms. The Morgan fingerprint density at radius 3 is 1.68 bits per heavy atom. The molecule has 0 atom stereocenters. The van der Waals surface area contributed by atoms with Crippen molar-refractivity contribution in [3.8, 4) is 0 Å². The molecule has 0 saturated carbocycles. The molecule has 0 aliphatic heterocycles. The summed E-state index contributed by atoms with van der Waals surface area (Å²) in [5.41, 5.74) is 1.63. The van der Waals surface area contributed by atoms with E-state index in [1.165, 1.54) is 0 Å². The van der Waals surface area contributed by atoms with Gasteiger partial charge in [-0.15, -0.1) is 0 Å². The quantitative estimate of drug-likeness (QED) is 0.675. The predicted octanol–water partition coefficient (Wildman–Crippen LogP) is 3.28. The Labute approximate surface area is 111 Å². The molecule has 2 aromatic carbocycles. The van der Waals surface area contributed by atoms with Crippen LogP contribution in [0.25, 0.3) is 6.08 Å². The van der Waals surface area contributed by atoms with Crippen molar-refractivity contribution >= 4 is 18.3 Å². The van der Waals surface area contributed by atoms with Gasteiger partial charge in [-0.3, -0.25) is 4.79 Å². The van der Waals surface area contributed by atoms with E-state index in [1.807, 2.05) is 48.5 Å². The summed E-state index contributed by atoms with van der Waals surface area (Å²) in [7, 11) is 0. The zero-order valence-corrected chi connectivity index (χ0v) is 10.3. The first-order valence-electron chi connectivity index (χ1n) is 5.68. The molecular weight excluding hydrogens is 240 g/mol. The molecule has 0 aromatic heterocycles. The van der Waals surface area contributed by atoms with E-state index < -0.39 is 5.97 Å². The van der Waals surface area contributed by atoms with Crippen LogP contribution in [0, 0.1) is 0 Å². The zero-order valence-electron chi connectivity index (χ0n) is 10.3. The van der Waals surface area contributed by atoms with E-state index >= 15 is 0 Å². The van der Waals surface area contributed by atoms with Crippen LogP contribution in [0.2, 0.25) is 0 Å². The van der Waals surface area contributed by atoms with Crippen LogP contribution < -0.4 is 0 Å². The second-order valence-corrected chi connectivity index (χ2v) is 3.61. The maximum absolute atomic E-state index is 10.1.